The van der Waals surface area contributed by atoms with Crippen molar-refractivity contribution in [3.8, 4) is 0 Å². The summed E-state index contributed by atoms with van der Waals surface area (Å²) in [6, 6.07) is 12.4. The van der Waals surface area contributed by atoms with E-state index in [9.17, 15) is 14.7 Å². The molecule has 9 heteroatoms. The molecular formula is C26H30N3O5S+. The number of nitrogens with one attached hydrogen (secondary N) is 1. The van der Waals surface area contributed by atoms with Gasteiger partial charge in [-0.2, -0.15) is 11.3 Å². The normalized spacial score (nSPS) is 25.1. The second-order valence-corrected chi connectivity index (χ2v) is 10.4. The average Bonchev–Trinajstić information content (AvgIpc) is 3.57. The lowest BCUT2D eigenvalue weighted by Gasteiger charge is -2.51. The third-order valence-electron chi connectivity index (χ3n) is 7.38. The van der Waals surface area contributed by atoms with E-state index < -0.39 is 11.6 Å². The van der Waals surface area contributed by atoms with Crippen LogP contribution in [0.15, 0.2) is 57.7 Å². The summed E-state index contributed by atoms with van der Waals surface area (Å²) in [5, 5.41) is 22.0. The molecule has 1 aromatic carbocycles. The Morgan fingerprint density at radius 3 is 2.66 bits per heavy atom. The highest BCUT2D eigenvalue weighted by Gasteiger charge is 2.51. The number of thiophene rings is 1. The van der Waals surface area contributed by atoms with E-state index in [1.807, 2.05) is 18.4 Å². The minimum atomic E-state index is -1.88. The molecule has 5 heterocycles. The molecule has 0 aliphatic carbocycles. The molecule has 3 aromatic rings. The zero-order valence-corrected chi connectivity index (χ0v) is 20.5. The van der Waals surface area contributed by atoms with E-state index in [4.69, 9.17) is 9.26 Å². The van der Waals surface area contributed by atoms with E-state index in [0.717, 1.165) is 31.7 Å². The van der Waals surface area contributed by atoms with Gasteiger partial charge in [0.15, 0.2) is 18.5 Å². The number of benzene rings is 1. The number of aromatic nitrogens is 1. The topological polar surface area (TPSA) is 102 Å². The van der Waals surface area contributed by atoms with Crippen LogP contribution in [0.1, 0.15) is 36.7 Å². The van der Waals surface area contributed by atoms with Crippen molar-refractivity contribution in [1.82, 2.24) is 5.16 Å². The maximum absolute atomic E-state index is 13.5. The van der Waals surface area contributed by atoms with Gasteiger partial charge in [-0.05, 0) is 22.4 Å². The number of aryl methyl sites for hydroxylation is 1. The van der Waals surface area contributed by atoms with Crippen LogP contribution < -0.4 is 5.32 Å². The van der Waals surface area contributed by atoms with Gasteiger partial charge in [0, 0.05) is 36.8 Å². The fourth-order valence-corrected chi connectivity index (χ4v) is 6.08. The number of hydrogen-bond donors (Lipinski definition) is 2. The van der Waals surface area contributed by atoms with E-state index in [2.05, 4.69) is 10.5 Å². The highest BCUT2D eigenvalue weighted by atomic mass is 32.1. The summed E-state index contributed by atoms with van der Waals surface area (Å²) >= 11 is 1.42. The zero-order chi connectivity index (χ0) is 24.5. The van der Waals surface area contributed by atoms with Crippen molar-refractivity contribution >= 4 is 29.0 Å². The van der Waals surface area contributed by atoms with Gasteiger partial charge in [0.2, 0.25) is 5.60 Å². The molecule has 184 valence electrons. The number of carbonyl (C=O) groups is 2. The number of quaternary nitrogens is 1. The monoisotopic (exact) mass is 496 g/mol. The summed E-state index contributed by atoms with van der Waals surface area (Å²) in [5.41, 5.74) is -0.895. The molecule has 8 nitrogen and oxygen atoms in total. The average molecular weight is 497 g/mol. The van der Waals surface area contributed by atoms with E-state index in [-0.39, 0.29) is 24.5 Å². The van der Waals surface area contributed by atoms with Crippen LogP contribution in [0.25, 0.3) is 0 Å². The third-order valence-corrected chi connectivity index (χ3v) is 8.06. The molecule has 3 aliphatic rings. The van der Waals surface area contributed by atoms with Gasteiger partial charge in [0.05, 0.1) is 13.1 Å². The van der Waals surface area contributed by atoms with Crippen LogP contribution in [-0.2, 0) is 26.3 Å². The van der Waals surface area contributed by atoms with Crippen molar-refractivity contribution in [1.29, 1.82) is 0 Å². The van der Waals surface area contributed by atoms with Crippen molar-refractivity contribution in [3.63, 3.8) is 0 Å². The summed E-state index contributed by atoms with van der Waals surface area (Å²) in [6.45, 7) is 4.51. The summed E-state index contributed by atoms with van der Waals surface area (Å²) < 4.78 is 11.8. The SMILES string of the molecule is CCc1cc(NC(=O)C[N+]23CCC(CC2)[C@@H](OC(=O)C(O)(c2ccccc2)c2ccsc2)C3)no1. The van der Waals surface area contributed by atoms with Crippen molar-refractivity contribution in [2.75, 3.05) is 31.5 Å². The number of piperidine rings is 3. The van der Waals surface area contributed by atoms with Crippen LogP contribution in [0.2, 0.25) is 0 Å². The Kier molecular flexibility index (Phi) is 6.48. The van der Waals surface area contributed by atoms with E-state index in [0.29, 0.717) is 34.4 Å². The highest BCUT2D eigenvalue weighted by Crippen LogP contribution is 2.38. The van der Waals surface area contributed by atoms with Crippen molar-refractivity contribution < 1.29 is 28.4 Å². The standard InChI is InChI=1S/C26H29N3O5S/c1-2-21-14-23(28-34-21)27-24(30)16-29-11-8-18(9-12-29)22(15-29)33-25(31)26(32,20-10-13-35-17-20)19-6-4-3-5-7-19/h3-7,10,13-14,17-18,22,32H,2,8-9,11-12,15-16H2,1H3/p+1/t18?,22-,26?,29?/m0/s1. The van der Waals surface area contributed by atoms with Crippen LogP contribution in [0.3, 0.4) is 0 Å². The number of aliphatic hydroxyl groups is 1. The van der Waals surface area contributed by atoms with Crippen molar-refractivity contribution in [2.45, 2.75) is 37.9 Å². The molecule has 3 fully saturated rings. The molecule has 0 saturated carbocycles. The Bertz CT molecular complexity index is 1170. The van der Waals surface area contributed by atoms with Gasteiger partial charge in [-0.1, -0.05) is 42.4 Å². The predicted molar refractivity (Wildman–Crippen MR) is 131 cm³/mol. The van der Waals surface area contributed by atoms with Crippen molar-refractivity contribution in [2.24, 2.45) is 5.92 Å². The van der Waals surface area contributed by atoms with Crippen LogP contribution in [0, 0.1) is 5.92 Å². The van der Waals surface area contributed by atoms with E-state index >= 15 is 0 Å². The first-order valence-corrected chi connectivity index (χ1v) is 13.0. The summed E-state index contributed by atoms with van der Waals surface area (Å²) in [4.78, 5) is 26.4. The molecule has 1 unspecified atom stereocenters. The molecule has 2 atom stereocenters. The Labute approximate surface area is 208 Å². The number of fused-ring (bicyclic) bond motifs is 3. The minimum absolute atomic E-state index is 0.134. The maximum atomic E-state index is 13.5. The van der Waals surface area contributed by atoms with Crippen molar-refractivity contribution in [3.05, 3.63) is 70.1 Å². The van der Waals surface area contributed by atoms with Gasteiger partial charge >= 0.3 is 5.97 Å². The number of amides is 1. The first-order chi connectivity index (χ1) is 16.9. The summed E-state index contributed by atoms with van der Waals surface area (Å²) in [6.07, 6.45) is 2.10. The fourth-order valence-electron chi connectivity index (χ4n) is 5.38. The molecule has 0 spiro atoms. The van der Waals surface area contributed by atoms with Gasteiger partial charge in [-0.3, -0.25) is 4.79 Å². The lowest BCUT2D eigenvalue weighted by atomic mass is 9.82. The Hall–Kier alpha value is -3.01. The van der Waals surface area contributed by atoms with Crippen LogP contribution in [0.5, 0.6) is 0 Å². The molecule has 2 bridgehead atoms. The minimum Gasteiger partial charge on any atom is -0.453 e. The smallest absolute Gasteiger partial charge is 0.348 e. The number of hydrogen-bond acceptors (Lipinski definition) is 7. The molecule has 2 aromatic heterocycles. The number of ether oxygens (including phenoxy) is 1. The van der Waals surface area contributed by atoms with E-state index in [1.165, 1.54) is 11.3 Å². The van der Waals surface area contributed by atoms with Crippen LogP contribution in [0.4, 0.5) is 5.82 Å². The van der Waals surface area contributed by atoms with E-state index in [1.54, 1.807) is 41.8 Å². The number of nitrogens with zero attached hydrogens (tertiary/aromatic N) is 2. The van der Waals surface area contributed by atoms with Crippen LogP contribution >= 0.6 is 11.3 Å². The van der Waals surface area contributed by atoms with Gasteiger partial charge in [-0.25, -0.2) is 4.79 Å². The molecule has 0 radical (unpaired) electrons. The Morgan fingerprint density at radius 1 is 1.23 bits per heavy atom. The Morgan fingerprint density at radius 2 is 2.00 bits per heavy atom. The summed E-state index contributed by atoms with van der Waals surface area (Å²) in [7, 11) is 0. The summed E-state index contributed by atoms with van der Waals surface area (Å²) in [5.74, 6) is 0.564. The molecule has 35 heavy (non-hydrogen) atoms. The predicted octanol–water partition coefficient (Wildman–Crippen LogP) is 3.33. The quantitative estimate of drug-likeness (QED) is 0.367. The fraction of sp³-hybridized carbons (Fsp3) is 0.423. The highest BCUT2D eigenvalue weighted by molar-refractivity contribution is 7.08. The first kappa shape index (κ1) is 23.7. The maximum Gasteiger partial charge on any atom is 0.348 e. The zero-order valence-electron chi connectivity index (χ0n) is 19.7. The molecule has 3 aliphatic heterocycles. The third kappa shape index (κ3) is 4.63. The number of rotatable bonds is 8. The van der Waals surface area contributed by atoms with Gasteiger partial charge < -0.3 is 24.2 Å². The lowest BCUT2D eigenvalue weighted by molar-refractivity contribution is -0.939. The van der Waals surface area contributed by atoms with Gasteiger partial charge in [-0.15, -0.1) is 0 Å². The molecule has 3 saturated heterocycles. The van der Waals surface area contributed by atoms with Gasteiger partial charge in [0.25, 0.3) is 5.91 Å². The number of anilines is 1. The largest absolute Gasteiger partial charge is 0.453 e. The number of esters is 1. The lowest BCUT2D eigenvalue weighted by Crippen LogP contribution is -2.66. The molecular weight excluding hydrogens is 466 g/mol. The van der Waals surface area contributed by atoms with Gasteiger partial charge in [0.1, 0.15) is 12.3 Å². The Balaban J connectivity index is 1.30. The van der Waals surface area contributed by atoms with Crippen LogP contribution in [-0.4, -0.2) is 58.9 Å². The first-order valence-electron chi connectivity index (χ1n) is 12.0. The number of carbonyl (C=O) groups excluding carboxylic acids is 2. The molecule has 2 N–H and O–H groups in total. The molecule has 1 amide bonds. The second kappa shape index (κ2) is 9.56. The molecule has 6 rings (SSSR count). The second-order valence-electron chi connectivity index (χ2n) is 9.58.